The number of amides is 1. The Labute approximate surface area is 144 Å². The molecule has 25 heavy (non-hydrogen) atoms. The lowest BCUT2D eigenvalue weighted by atomic mass is 10.1. The minimum atomic E-state index is -2.73. The van der Waals surface area contributed by atoms with E-state index in [0.717, 1.165) is 5.56 Å². The van der Waals surface area contributed by atoms with Crippen molar-refractivity contribution in [3.05, 3.63) is 58.9 Å². The largest absolute Gasteiger partial charge is 0.486 e. The van der Waals surface area contributed by atoms with Crippen LogP contribution in [-0.2, 0) is 17.8 Å². The number of hydrogen-bond donors (Lipinski definition) is 1. The van der Waals surface area contributed by atoms with Gasteiger partial charge >= 0.3 is 0 Å². The predicted molar refractivity (Wildman–Crippen MR) is 90.4 cm³/mol. The Balaban J connectivity index is 2.29. The van der Waals surface area contributed by atoms with Crippen LogP contribution in [0.15, 0.2) is 36.4 Å². The highest BCUT2D eigenvalue weighted by Crippen LogP contribution is 2.30. The van der Waals surface area contributed by atoms with E-state index < -0.39 is 12.2 Å². The van der Waals surface area contributed by atoms with E-state index in [2.05, 4.69) is 5.32 Å². The summed E-state index contributed by atoms with van der Waals surface area (Å²) in [6.07, 6.45) is -1.84. The molecule has 0 unspecified atom stereocenters. The molecule has 2 aromatic carbocycles. The quantitative estimate of drug-likeness (QED) is 0.739. The summed E-state index contributed by atoms with van der Waals surface area (Å²) in [5.74, 6) is -0.867. The number of ether oxygens (including phenoxy) is 1. The van der Waals surface area contributed by atoms with Crippen molar-refractivity contribution < 1.29 is 22.7 Å². The van der Waals surface area contributed by atoms with E-state index >= 15 is 0 Å². The molecule has 6 heteroatoms. The lowest BCUT2D eigenvalue weighted by Crippen LogP contribution is -2.14. The maximum absolute atomic E-state index is 14.0. The monoisotopic (exact) mass is 351 g/mol. The summed E-state index contributed by atoms with van der Waals surface area (Å²) in [4.78, 5) is 11.6. The third-order valence-electron chi connectivity index (χ3n) is 3.82. The Morgan fingerprint density at radius 1 is 1.20 bits per heavy atom. The highest BCUT2D eigenvalue weighted by Gasteiger charge is 2.18. The van der Waals surface area contributed by atoms with Crippen LogP contribution in [0.1, 0.15) is 43.4 Å². The number of benzene rings is 2. The molecule has 3 nitrogen and oxygen atoms in total. The molecule has 0 aliphatic carbocycles. The Hall–Kier alpha value is -2.50. The minimum absolute atomic E-state index is 0.0194. The fraction of sp³-hybridized carbons (Fsp3) is 0.316. The predicted octanol–water partition coefficient (Wildman–Crippen LogP) is 5.25. The SMILES string of the molecule is CCC(=O)Nc1cccc(C(F)F)c1COc1ccc(CC)cc1F. The number of alkyl halides is 2. The van der Waals surface area contributed by atoms with Crippen molar-refractivity contribution in [2.45, 2.75) is 39.7 Å². The third kappa shape index (κ3) is 4.75. The normalized spacial score (nSPS) is 10.8. The number of hydrogen-bond acceptors (Lipinski definition) is 2. The van der Waals surface area contributed by atoms with Gasteiger partial charge in [-0.3, -0.25) is 4.79 Å². The maximum atomic E-state index is 14.0. The van der Waals surface area contributed by atoms with Gasteiger partial charge in [0.05, 0.1) is 0 Å². The van der Waals surface area contributed by atoms with Gasteiger partial charge in [-0.1, -0.05) is 32.0 Å². The fourth-order valence-electron chi connectivity index (χ4n) is 2.36. The summed E-state index contributed by atoms with van der Waals surface area (Å²) >= 11 is 0. The van der Waals surface area contributed by atoms with Crippen molar-refractivity contribution in [3.63, 3.8) is 0 Å². The van der Waals surface area contributed by atoms with Crippen molar-refractivity contribution in [1.82, 2.24) is 0 Å². The molecule has 1 N–H and O–H groups in total. The molecule has 1 amide bonds. The van der Waals surface area contributed by atoms with Gasteiger partial charge in [-0.05, 0) is 30.2 Å². The zero-order valence-corrected chi connectivity index (χ0v) is 14.1. The van der Waals surface area contributed by atoms with Crippen LogP contribution in [0.2, 0.25) is 0 Å². The van der Waals surface area contributed by atoms with Crippen molar-refractivity contribution in [2.75, 3.05) is 5.32 Å². The highest BCUT2D eigenvalue weighted by molar-refractivity contribution is 5.91. The summed E-state index contributed by atoms with van der Waals surface area (Å²) in [6.45, 7) is 3.28. The van der Waals surface area contributed by atoms with Crippen LogP contribution in [-0.4, -0.2) is 5.91 Å². The molecule has 0 spiro atoms. The number of nitrogens with one attached hydrogen (secondary N) is 1. The summed E-state index contributed by atoms with van der Waals surface area (Å²) in [5, 5.41) is 2.58. The maximum Gasteiger partial charge on any atom is 0.264 e. The molecule has 0 heterocycles. The highest BCUT2D eigenvalue weighted by atomic mass is 19.3. The Bertz CT molecular complexity index is 747. The summed E-state index contributed by atoms with van der Waals surface area (Å²) in [5.41, 5.74) is 0.946. The van der Waals surface area contributed by atoms with Crippen LogP contribution in [0.25, 0.3) is 0 Å². The van der Waals surface area contributed by atoms with Crippen LogP contribution in [0.4, 0.5) is 18.9 Å². The average molecular weight is 351 g/mol. The molecule has 0 bridgehead atoms. The summed E-state index contributed by atoms with van der Waals surface area (Å²) in [7, 11) is 0. The first-order valence-corrected chi connectivity index (χ1v) is 8.07. The molecule has 0 aliphatic heterocycles. The Kier molecular flexibility index (Phi) is 6.44. The van der Waals surface area contributed by atoms with E-state index in [-0.39, 0.29) is 41.5 Å². The average Bonchev–Trinajstić information content (AvgIpc) is 2.60. The number of carbonyl (C=O) groups excluding carboxylic acids is 1. The Morgan fingerprint density at radius 3 is 2.56 bits per heavy atom. The van der Waals surface area contributed by atoms with Crippen LogP contribution in [0, 0.1) is 5.82 Å². The van der Waals surface area contributed by atoms with Crippen molar-refractivity contribution in [3.8, 4) is 5.75 Å². The van der Waals surface area contributed by atoms with E-state index in [1.807, 2.05) is 6.92 Å². The lowest BCUT2D eigenvalue weighted by Gasteiger charge is -2.16. The van der Waals surface area contributed by atoms with Crippen molar-refractivity contribution >= 4 is 11.6 Å². The first kappa shape index (κ1) is 18.8. The number of rotatable bonds is 7. The lowest BCUT2D eigenvalue weighted by molar-refractivity contribution is -0.115. The number of halogens is 3. The van der Waals surface area contributed by atoms with Gasteiger partial charge in [-0.2, -0.15) is 0 Å². The first-order valence-electron chi connectivity index (χ1n) is 8.07. The Morgan fingerprint density at radius 2 is 1.96 bits per heavy atom. The van der Waals surface area contributed by atoms with Gasteiger partial charge < -0.3 is 10.1 Å². The zero-order valence-electron chi connectivity index (χ0n) is 14.1. The van der Waals surface area contributed by atoms with Crippen LogP contribution in [0.5, 0.6) is 5.75 Å². The molecule has 0 saturated carbocycles. The molecule has 134 valence electrons. The molecule has 0 saturated heterocycles. The molecule has 0 aliphatic rings. The molecular formula is C19H20F3NO2. The van der Waals surface area contributed by atoms with Gasteiger partial charge in [-0.15, -0.1) is 0 Å². The van der Waals surface area contributed by atoms with Gasteiger partial charge in [0.25, 0.3) is 6.43 Å². The number of aryl methyl sites for hydroxylation is 1. The smallest absolute Gasteiger partial charge is 0.264 e. The second-order valence-electron chi connectivity index (χ2n) is 5.48. The van der Waals surface area contributed by atoms with Gasteiger partial charge in [0.2, 0.25) is 5.91 Å². The molecule has 0 atom stereocenters. The molecule has 0 aromatic heterocycles. The number of carbonyl (C=O) groups is 1. The van der Waals surface area contributed by atoms with Crippen LogP contribution in [0.3, 0.4) is 0 Å². The van der Waals surface area contributed by atoms with Gasteiger partial charge in [-0.25, -0.2) is 13.2 Å². The minimum Gasteiger partial charge on any atom is -0.486 e. The van der Waals surface area contributed by atoms with Gasteiger partial charge in [0, 0.05) is 23.2 Å². The van der Waals surface area contributed by atoms with E-state index in [0.29, 0.717) is 6.42 Å². The molecule has 0 fully saturated rings. The van der Waals surface area contributed by atoms with Crippen LogP contribution >= 0.6 is 0 Å². The van der Waals surface area contributed by atoms with Gasteiger partial charge in [0.15, 0.2) is 11.6 Å². The van der Waals surface area contributed by atoms with E-state index in [1.165, 1.54) is 30.3 Å². The van der Waals surface area contributed by atoms with Crippen molar-refractivity contribution in [1.29, 1.82) is 0 Å². The molecule has 2 rings (SSSR count). The molecule has 0 radical (unpaired) electrons. The standard InChI is InChI=1S/C19H20F3NO2/c1-3-12-8-9-17(15(20)10-12)25-11-14-13(19(21)22)6-5-7-16(14)23-18(24)4-2/h5-10,19H,3-4,11H2,1-2H3,(H,23,24). The summed E-state index contributed by atoms with van der Waals surface area (Å²) < 4.78 is 46.0. The first-order chi connectivity index (χ1) is 12.0. The van der Waals surface area contributed by atoms with E-state index in [4.69, 9.17) is 4.74 Å². The van der Waals surface area contributed by atoms with E-state index in [9.17, 15) is 18.0 Å². The topological polar surface area (TPSA) is 38.3 Å². The zero-order chi connectivity index (χ0) is 18.4. The number of anilines is 1. The molecule has 2 aromatic rings. The second-order valence-corrected chi connectivity index (χ2v) is 5.48. The second kappa shape index (κ2) is 8.55. The fourth-order valence-corrected chi connectivity index (χ4v) is 2.36. The van der Waals surface area contributed by atoms with Crippen LogP contribution < -0.4 is 10.1 Å². The van der Waals surface area contributed by atoms with Crippen molar-refractivity contribution in [2.24, 2.45) is 0 Å². The molecular weight excluding hydrogens is 331 g/mol. The summed E-state index contributed by atoms with van der Waals surface area (Å²) in [6, 6.07) is 8.78. The third-order valence-corrected chi connectivity index (χ3v) is 3.82. The van der Waals surface area contributed by atoms with Gasteiger partial charge in [0.1, 0.15) is 6.61 Å². The van der Waals surface area contributed by atoms with E-state index in [1.54, 1.807) is 13.0 Å².